The molecule has 0 unspecified atom stereocenters. The molecule has 3 N–H and O–H groups in total. The average molecular weight is 320 g/mol. The summed E-state index contributed by atoms with van der Waals surface area (Å²) in [5.74, 6) is 0.398. The van der Waals surface area contributed by atoms with E-state index in [0.717, 1.165) is 16.8 Å². The summed E-state index contributed by atoms with van der Waals surface area (Å²) >= 11 is 0. The maximum atomic E-state index is 12.3. The molecule has 0 aliphatic carbocycles. The minimum Gasteiger partial charge on any atom is -0.384 e. The summed E-state index contributed by atoms with van der Waals surface area (Å²) in [5, 5.41) is 1.19. The number of hydrogen-bond donors (Lipinski definition) is 2. The van der Waals surface area contributed by atoms with Gasteiger partial charge in [-0.15, -0.1) is 0 Å². The highest BCUT2D eigenvalue weighted by molar-refractivity contribution is 5.91. The van der Waals surface area contributed by atoms with Crippen LogP contribution in [-0.4, -0.2) is 27.8 Å². The lowest BCUT2D eigenvalue weighted by Crippen LogP contribution is -2.24. The third-order valence-corrected chi connectivity index (χ3v) is 4.07. The van der Waals surface area contributed by atoms with Crippen molar-refractivity contribution in [2.75, 3.05) is 12.8 Å². The summed E-state index contributed by atoms with van der Waals surface area (Å²) in [4.78, 5) is 21.4. The van der Waals surface area contributed by atoms with Crippen LogP contribution >= 0.6 is 0 Å². The third-order valence-electron chi connectivity index (χ3n) is 4.07. The smallest absolute Gasteiger partial charge is 0.246 e. The van der Waals surface area contributed by atoms with Crippen LogP contribution in [0, 0.1) is 6.92 Å². The fourth-order valence-corrected chi connectivity index (χ4v) is 2.62. The van der Waals surface area contributed by atoms with Crippen LogP contribution in [0.2, 0.25) is 0 Å². The molecule has 1 aromatic carbocycles. The number of nitrogens with zero attached hydrogens (tertiary/aromatic N) is 2. The van der Waals surface area contributed by atoms with Gasteiger partial charge in [-0.3, -0.25) is 4.79 Å². The Morgan fingerprint density at radius 3 is 2.79 bits per heavy atom. The van der Waals surface area contributed by atoms with Crippen LogP contribution in [0.3, 0.4) is 0 Å². The quantitative estimate of drug-likeness (QED) is 0.725. The predicted octanol–water partition coefficient (Wildman–Crippen LogP) is 3.13. The van der Waals surface area contributed by atoms with Crippen LogP contribution in [0.15, 0.2) is 48.7 Å². The molecule has 5 heteroatoms. The maximum absolute atomic E-state index is 12.3. The van der Waals surface area contributed by atoms with Crippen molar-refractivity contribution in [3.8, 4) is 0 Å². The van der Waals surface area contributed by atoms with Gasteiger partial charge in [0, 0.05) is 35.9 Å². The van der Waals surface area contributed by atoms with Crippen LogP contribution < -0.4 is 5.73 Å². The van der Waals surface area contributed by atoms with Crippen LogP contribution in [0.1, 0.15) is 16.8 Å². The van der Waals surface area contributed by atoms with Gasteiger partial charge in [0.15, 0.2) is 0 Å². The van der Waals surface area contributed by atoms with Gasteiger partial charge < -0.3 is 15.6 Å². The number of nitrogen functional groups attached to an aromatic ring is 1. The highest BCUT2D eigenvalue weighted by Crippen LogP contribution is 2.22. The van der Waals surface area contributed by atoms with Crippen molar-refractivity contribution in [1.82, 2.24) is 14.9 Å². The fourth-order valence-electron chi connectivity index (χ4n) is 2.62. The summed E-state index contributed by atoms with van der Waals surface area (Å²) in [6, 6.07) is 11.7. The predicted molar refractivity (Wildman–Crippen MR) is 97.2 cm³/mol. The molecular formula is C19H20N4O. The Labute approximate surface area is 140 Å². The first-order valence-corrected chi connectivity index (χ1v) is 7.75. The van der Waals surface area contributed by atoms with Gasteiger partial charge in [-0.2, -0.15) is 0 Å². The van der Waals surface area contributed by atoms with Gasteiger partial charge in [-0.05, 0) is 42.3 Å². The van der Waals surface area contributed by atoms with Crippen LogP contribution in [0.25, 0.3) is 17.0 Å². The van der Waals surface area contributed by atoms with Crippen molar-refractivity contribution in [2.24, 2.45) is 0 Å². The zero-order chi connectivity index (χ0) is 17.1. The molecule has 0 fully saturated rings. The highest BCUT2D eigenvalue weighted by atomic mass is 16.2. The van der Waals surface area contributed by atoms with Crippen molar-refractivity contribution in [3.05, 3.63) is 65.5 Å². The second-order valence-electron chi connectivity index (χ2n) is 5.82. The lowest BCUT2D eigenvalue weighted by molar-refractivity contribution is -0.125. The standard InChI is InChI=1S/C19H20N4O/c1-13-15-5-3-4-6-16(15)22-17(13)12-23(2)19(24)10-8-14-7-9-18(20)21-11-14/h3-11,22H,12H2,1-2H3,(H2,20,21). The van der Waals surface area contributed by atoms with Crippen molar-refractivity contribution in [2.45, 2.75) is 13.5 Å². The normalized spacial score (nSPS) is 11.2. The third kappa shape index (κ3) is 3.30. The number of amides is 1. The van der Waals surface area contributed by atoms with Gasteiger partial charge in [0.25, 0.3) is 0 Å². The van der Waals surface area contributed by atoms with E-state index in [1.165, 1.54) is 10.9 Å². The van der Waals surface area contributed by atoms with Gasteiger partial charge in [-0.1, -0.05) is 18.2 Å². The molecule has 2 heterocycles. The van der Waals surface area contributed by atoms with E-state index in [4.69, 9.17) is 5.73 Å². The maximum Gasteiger partial charge on any atom is 0.246 e. The number of pyridine rings is 1. The van der Waals surface area contributed by atoms with Crippen LogP contribution in [0.4, 0.5) is 5.82 Å². The first-order valence-electron chi connectivity index (χ1n) is 7.75. The van der Waals surface area contributed by atoms with Gasteiger partial charge in [0.2, 0.25) is 5.91 Å². The summed E-state index contributed by atoms with van der Waals surface area (Å²) < 4.78 is 0. The second-order valence-corrected chi connectivity index (χ2v) is 5.82. The zero-order valence-corrected chi connectivity index (χ0v) is 13.8. The van der Waals surface area contributed by atoms with E-state index < -0.39 is 0 Å². The molecule has 0 spiro atoms. The van der Waals surface area contributed by atoms with Crippen molar-refractivity contribution in [3.63, 3.8) is 0 Å². The molecule has 5 nitrogen and oxygen atoms in total. The molecule has 0 radical (unpaired) electrons. The number of hydrogen-bond acceptors (Lipinski definition) is 3. The number of carbonyl (C=O) groups excluding carboxylic acids is 1. The Hall–Kier alpha value is -3.08. The lowest BCUT2D eigenvalue weighted by Gasteiger charge is -2.14. The van der Waals surface area contributed by atoms with Crippen LogP contribution in [-0.2, 0) is 11.3 Å². The summed E-state index contributed by atoms with van der Waals surface area (Å²) in [7, 11) is 1.79. The number of nitrogens with one attached hydrogen (secondary N) is 1. The van der Waals surface area contributed by atoms with E-state index in [1.807, 2.05) is 24.3 Å². The molecule has 122 valence electrons. The molecule has 0 bridgehead atoms. The number of nitrogens with two attached hydrogens (primary N) is 1. The molecule has 24 heavy (non-hydrogen) atoms. The SMILES string of the molecule is Cc1c(CN(C)C(=O)C=Cc2ccc(N)nc2)[nH]c2ccccc12. The van der Waals surface area contributed by atoms with E-state index in [1.54, 1.807) is 36.4 Å². The Kier molecular flexibility index (Phi) is 4.33. The largest absolute Gasteiger partial charge is 0.384 e. The number of aryl methyl sites for hydroxylation is 1. The number of para-hydroxylation sites is 1. The van der Waals surface area contributed by atoms with Crippen molar-refractivity contribution in [1.29, 1.82) is 0 Å². The van der Waals surface area contributed by atoms with Crippen molar-refractivity contribution < 1.29 is 4.79 Å². The number of likely N-dealkylation sites (N-methyl/N-ethyl adjacent to an activating group) is 1. The second kappa shape index (κ2) is 6.58. The summed E-state index contributed by atoms with van der Waals surface area (Å²) in [6.45, 7) is 2.60. The minimum absolute atomic E-state index is 0.0649. The number of rotatable bonds is 4. The van der Waals surface area contributed by atoms with E-state index in [0.29, 0.717) is 12.4 Å². The molecule has 3 aromatic rings. The summed E-state index contributed by atoms with van der Waals surface area (Å²) in [6.07, 6.45) is 4.93. The average Bonchev–Trinajstić information content (AvgIpc) is 2.90. The van der Waals surface area contributed by atoms with Gasteiger partial charge in [-0.25, -0.2) is 4.98 Å². The lowest BCUT2D eigenvalue weighted by atomic mass is 10.1. The number of fused-ring (bicyclic) bond motifs is 1. The molecule has 0 atom stereocenters. The Morgan fingerprint density at radius 1 is 1.29 bits per heavy atom. The highest BCUT2D eigenvalue weighted by Gasteiger charge is 2.11. The monoisotopic (exact) mass is 320 g/mol. The number of aromatic amines is 1. The number of H-pyrrole nitrogens is 1. The molecular weight excluding hydrogens is 300 g/mol. The van der Waals surface area contributed by atoms with E-state index in [-0.39, 0.29) is 5.91 Å². The minimum atomic E-state index is -0.0649. The van der Waals surface area contributed by atoms with Gasteiger partial charge in [0.1, 0.15) is 5.82 Å². The van der Waals surface area contributed by atoms with Gasteiger partial charge in [0.05, 0.1) is 6.54 Å². The van der Waals surface area contributed by atoms with Gasteiger partial charge >= 0.3 is 0 Å². The molecule has 2 aromatic heterocycles. The molecule has 0 aliphatic heterocycles. The Bertz CT molecular complexity index is 893. The number of aromatic nitrogens is 2. The molecule has 1 amide bonds. The van der Waals surface area contributed by atoms with E-state index >= 15 is 0 Å². The molecule has 0 aliphatic rings. The molecule has 3 rings (SSSR count). The fraction of sp³-hybridized carbons (Fsp3) is 0.158. The summed E-state index contributed by atoms with van der Waals surface area (Å²) in [5.41, 5.74) is 9.71. The first-order chi connectivity index (χ1) is 11.5. The molecule has 0 saturated carbocycles. The van der Waals surface area contributed by atoms with Crippen molar-refractivity contribution >= 4 is 28.7 Å². The number of carbonyl (C=O) groups is 1. The Morgan fingerprint density at radius 2 is 2.08 bits per heavy atom. The Balaban J connectivity index is 1.71. The molecule has 0 saturated heterocycles. The van der Waals surface area contributed by atoms with E-state index in [9.17, 15) is 4.79 Å². The first kappa shape index (κ1) is 15.8. The number of benzene rings is 1. The topological polar surface area (TPSA) is 75.0 Å². The zero-order valence-electron chi connectivity index (χ0n) is 13.8. The number of anilines is 1. The van der Waals surface area contributed by atoms with Crippen LogP contribution in [0.5, 0.6) is 0 Å². The van der Waals surface area contributed by atoms with E-state index in [2.05, 4.69) is 23.0 Å².